The summed E-state index contributed by atoms with van der Waals surface area (Å²) in [6.45, 7) is 0. The van der Waals surface area contributed by atoms with Gasteiger partial charge in [0.1, 0.15) is 0 Å². The maximum Gasteiger partial charge on any atom is 0.331 e. The predicted octanol–water partition coefficient (Wildman–Crippen LogP) is 2.17. The van der Waals surface area contributed by atoms with E-state index in [9.17, 15) is 4.79 Å². The summed E-state index contributed by atoms with van der Waals surface area (Å²) in [7, 11) is 3.38. The highest BCUT2D eigenvalue weighted by atomic mass is 16.2. The molecule has 0 unspecified atom stereocenters. The number of rotatable bonds is 2. The van der Waals surface area contributed by atoms with Gasteiger partial charge in [-0.3, -0.25) is 5.10 Å². The first-order valence-corrected chi connectivity index (χ1v) is 6.39. The summed E-state index contributed by atoms with van der Waals surface area (Å²) >= 11 is 0. The van der Waals surface area contributed by atoms with E-state index in [4.69, 9.17) is 0 Å². The Morgan fingerprint density at radius 3 is 2.62 bits per heavy atom. The number of aromatic amines is 1. The molecule has 0 atom stereocenters. The minimum Gasteiger partial charge on any atom is -0.330 e. The number of hydrogen-bond donors (Lipinski definition) is 1. The molecule has 1 N–H and O–H groups in total. The fraction of sp³-hybridized carbons (Fsp3) is 0.143. The van der Waals surface area contributed by atoms with Crippen molar-refractivity contribution in [3.63, 3.8) is 0 Å². The molecule has 0 aliphatic rings. The Kier molecular flexibility index (Phi) is 3.23. The van der Waals surface area contributed by atoms with Gasteiger partial charge in [0.15, 0.2) is 5.65 Å². The van der Waals surface area contributed by atoms with Gasteiger partial charge in [0, 0.05) is 20.3 Å². The number of aromatic nitrogens is 4. The van der Waals surface area contributed by atoms with Gasteiger partial charge in [0.2, 0.25) is 5.95 Å². The number of carbonyl (C=O) groups excluding carboxylic acids is 1. The van der Waals surface area contributed by atoms with Crippen LogP contribution in [0.15, 0.2) is 42.7 Å². The van der Waals surface area contributed by atoms with Gasteiger partial charge in [0.25, 0.3) is 0 Å². The van der Waals surface area contributed by atoms with Gasteiger partial charge in [-0.05, 0) is 12.1 Å². The molecule has 106 valence electrons. The maximum atomic E-state index is 12.5. The summed E-state index contributed by atoms with van der Waals surface area (Å²) in [6, 6.07) is 9.06. The number of anilines is 2. The molecular weight excluding hydrogens is 268 g/mol. The zero-order chi connectivity index (χ0) is 14.8. The number of amides is 2. The third-order valence-electron chi connectivity index (χ3n) is 2.97. The van der Waals surface area contributed by atoms with Crippen molar-refractivity contribution in [3.05, 3.63) is 42.7 Å². The molecule has 0 aliphatic carbocycles. The van der Waals surface area contributed by atoms with Crippen LogP contribution in [-0.4, -0.2) is 45.2 Å². The molecule has 1 aromatic carbocycles. The Bertz CT molecular complexity index is 767. The van der Waals surface area contributed by atoms with Crippen LogP contribution in [-0.2, 0) is 0 Å². The van der Waals surface area contributed by atoms with Crippen molar-refractivity contribution >= 4 is 28.7 Å². The highest BCUT2D eigenvalue weighted by molar-refractivity contribution is 5.97. The Morgan fingerprint density at radius 2 is 1.90 bits per heavy atom. The highest BCUT2D eigenvalue weighted by Crippen LogP contribution is 2.23. The second kappa shape index (κ2) is 5.20. The highest BCUT2D eigenvalue weighted by Gasteiger charge is 2.22. The number of nitrogens with zero attached hydrogens (tertiary/aromatic N) is 5. The first kappa shape index (κ1) is 13.0. The quantitative estimate of drug-likeness (QED) is 0.781. The van der Waals surface area contributed by atoms with Gasteiger partial charge < -0.3 is 4.90 Å². The number of carbonyl (C=O) groups is 1. The van der Waals surface area contributed by atoms with Crippen LogP contribution in [0.25, 0.3) is 11.0 Å². The summed E-state index contributed by atoms with van der Waals surface area (Å²) < 4.78 is 0. The standard InChI is InChI=1S/C14H14N6O/c1-19(2)14(21)20(11-6-4-3-5-7-11)13-15-8-10-9-16-18-12(10)17-13/h3-9H,1-2H3,(H,15,16,17,18). The van der Waals surface area contributed by atoms with Gasteiger partial charge in [-0.25, -0.2) is 14.7 Å². The van der Waals surface area contributed by atoms with Crippen molar-refractivity contribution in [2.24, 2.45) is 0 Å². The van der Waals surface area contributed by atoms with Crippen LogP contribution in [0, 0.1) is 0 Å². The van der Waals surface area contributed by atoms with E-state index >= 15 is 0 Å². The fourth-order valence-electron chi connectivity index (χ4n) is 1.93. The summed E-state index contributed by atoms with van der Waals surface area (Å²) in [5.74, 6) is 0.302. The van der Waals surface area contributed by atoms with Crippen LogP contribution in [0.3, 0.4) is 0 Å². The zero-order valence-corrected chi connectivity index (χ0v) is 11.7. The lowest BCUT2D eigenvalue weighted by Gasteiger charge is -2.24. The smallest absolute Gasteiger partial charge is 0.330 e. The van der Waals surface area contributed by atoms with Crippen molar-refractivity contribution in [1.82, 2.24) is 25.1 Å². The van der Waals surface area contributed by atoms with Gasteiger partial charge in [-0.2, -0.15) is 10.1 Å². The predicted molar refractivity (Wildman–Crippen MR) is 79.3 cm³/mol. The zero-order valence-electron chi connectivity index (χ0n) is 11.7. The summed E-state index contributed by atoms with van der Waals surface area (Å²) in [6.07, 6.45) is 3.28. The third-order valence-corrected chi connectivity index (χ3v) is 2.97. The minimum atomic E-state index is -0.222. The largest absolute Gasteiger partial charge is 0.331 e. The van der Waals surface area contributed by atoms with Gasteiger partial charge in [0.05, 0.1) is 17.3 Å². The van der Waals surface area contributed by atoms with Crippen LogP contribution >= 0.6 is 0 Å². The SMILES string of the molecule is CN(C)C(=O)N(c1ccccc1)c1ncc2cn[nH]c2n1. The number of urea groups is 1. The van der Waals surface area contributed by atoms with Crippen molar-refractivity contribution in [2.45, 2.75) is 0 Å². The minimum absolute atomic E-state index is 0.222. The van der Waals surface area contributed by atoms with Crippen molar-refractivity contribution in [3.8, 4) is 0 Å². The average molecular weight is 282 g/mol. The first-order valence-electron chi connectivity index (χ1n) is 6.39. The monoisotopic (exact) mass is 282 g/mol. The first-order chi connectivity index (χ1) is 10.2. The van der Waals surface area contributed by atoms with Gasteiger partial charge in [-0.1, -0.05) is 18.2 Å². The summed E-state index contributed by atoms with van der Waals surface area (Å²) in [5, 5.41) is 7.49. The van der Waals surface area contributed by atoms with Crippen LogP contribution < -0.4 is 4.90 Å². The Morgan fingerprint density at radius 1 is 1.14 bits per heavy atom. The fourth-order valence-corrected chi connectivity index (χ4v) is 1.93. The van der Waals surface area contributed by atoms with E-state index in [2.05, 4.69) is 20.2 Å². The van der Waals surface area contributed by atoms with Gasteiger partial charge >= 0.3 is 6.03 Å². The molecule has 0 saturated carbocycles. The van der Waals surface area contributed by atoms with E-state index in [1.54, 1.807) is 26.5 Å². The van der Waals surface area contributed by atoms with E-state index in [0.29, 0.717) is 17.3 Å². The Labute approximate surface area is 121 Å². The molecule has 2 heterocycles. The van der Waals surface area contributed by atoms with Crippen molar-refractivity contribution in [1.29, 1.82) is 0 Å². The number of benzene rings is 1. The van der Waals surface area contributed by atoms with E-state index in [0.717, 1.165) is 5.39 Å². The van der Waals surface area contributed by atoms with Crippen LogP contribution in [0.2, 0.25) is 0 Å². The topological polar surface area (TPSA) is 78.0 Å². The van der Waals surface area contributed by atoms with E-state index in [1.807, 2.05) is 30.3 Å². The van der Waals surface area contributed by atoms with Crippen molar-refractivity contribution < 1.29 is 4.79 Å². The van der Waals surface area contributed by atoms with Crippen molar-refractivity contribution in [2.75, 3.05) is 19.0 Å². The van der Waals surface area contributed by atoms with Crippen LogP contribution in [0.4, 0.5) is 16.4 Å². The lowest BCUT2D eigenvalue weighted by Crippen LogP contribution is -2.36. The van der Waals surface area contributed by atoms with E-state index in [-0.39, 0.29) is 6.03 Å². The molecule has 0 saturated heterocycles. The van der Waals surface area contributed by atoms with Crippen LogP contribution in [0.5, 0.6) is 0 Å². The molecule has 2 amide bonds. The number of nitrogens with one attached hydrogen (secondary N) is 1. The number of fused-ring (bicyclic) bond motifs is 1. The second-order valence-electron chi connectivity index (χ2n) is 4.69. The van der Waals surface area contributed by atoms with Gasteiger partial charge in [-0.15, -0.1) is 0 Å². The molecule has 0 fully saturated rings. The molecule has 3 aromatic rings. The maximum absolute atomic E-state index is 12.5. The molecule has 0 radical (unpaired) electrons. The summed E-state index contributed by atoms with van der Waals surface area (Å²) in [5.41, 5.74) is 1.29. The number of H-pyrrole nitrogens is 1. The van der Waals surface area contributed by atoms with E-state index < -0.39 is 0 Å². The Hall–Kier alpha value is -2.96. The molecule has 0 spiro atoms. The normalized spacial score (nSPS) is 10.6. The van der Waals surface area contributed by atoms with E-state index in [1.165, 1.54) is 9.80 Å². The third kappa shape index (κ3) is 2.40. The Balaban J connectivity index is 2.12. The summed E-state index contributed by atoms with van der Waals surface area (Å²) in [4.78, 5) is 24.0. The molecule has 2 aromatic heterocycles. The van der Waals surface area contributed by atoms with Crippen LogP contribution in [0.1, 0.15) is 0 Å². The average Bonchev–Trinajstić information content (AvgIpc) is 2.96. The molecule has 0 bridgehead atoms. The molecule has 21 heavy (non-hydrogen) atoms. The molecule has 7 nitrogen and oxygen atoms in total. The molecule has 3 rings (SSSR count). The molecular formula is C14H14N6O. The second-order valence-corrected chi connectivity index (χ2v) is 4.69. The molecule has 0 aliphatic heterocycles. The number of hydrogen-bond acceptors (Lipinski definition) is 4. The molecule has 7 heteroatoms. The lowest BCUT2D eigenvalue weighted by atomic mass is 10.3. The number of para-hydroxylation sites is 1. The lowest BCUT2D eigenvalue weighted by molar-refractivity contribution is 0.226.